The zero-order valence-electron chi connectivity index (χ0n) is 15.9. The molecule has 8 heteroatoms. The quantitative estimate of drug-likeness (QED) is 0.425. The van der Waals surface area contributed by atoms with E-state index in [1.807, 2.05) is 6.07 Å². The van der Waals surface area contributed by atoms with Crippen molar-refractivity contribution in [1.82, 2.24) is 9.55 Å². The van der Waals surface area contributed by atoms with Crippen molar-refractivity contribution in [3.8, 4) is 17.1 Å². The molecule has 1 aromatic carbocycles. The summed E-state index contributed by atoms with van der Waals surface area (Å²) in [5.74, 6) is -0.571. The van der Waals surface area contributed by atoms with Crippen molar-refractivity contribution < 1.29 is 25.5 Å². The highest BCUT2D eigenvalue weighted by molar-refractivity contribution is 5.89. The second kappa shape index (κ2) is 5.88. The van der Waals surface area contributed by atoms with E-state index in [1.54, 1.807) is 29.7 Å². The number of phenols is 1. The molecule has 2 aliphatic rings. The van der Waals surface area contributed by atoms with Crippen LogP contribution in [0.2, 0.25) is 0 Å². The molecule has 0 bridgehead atoms. The molecule has 148 valence electrons. The van der Waals surface area contributed by atoms with Gasteiger partial charge in [0.15, 0.2) is 5.60 Å². The Balaban J connectivity index is 1.79. The van der Waals surface area contributed by atoms with Crippen LogP contribution in [0.15, 0.2) is 29.1 Å². The fraction of sp³-hybridized carbons (Fsp3) is 0.286. The number of carbonyl (C=O) groups is 1. The molecular formula is C21H20N3O5+. The number of aromatic nitrogens is 2. The third-order valence-corrected chi connectivity index (χ3v) is 6.03. The van der Waals surface area contributed by atoms with Crippen molar-refractivity contribution in [1.29, 1.82) is 0 Å². The van der Waals surface area contributed by atoms with Crippen molar-refractivity contribution >= 4 is 16.9 Å². The van der Waals surface area contributed by atoms with Gasteiger partial charge in [-0.05, 0) is 30.7 Å². The van der Waals surface area contributed by atoms with Crippen LogP contribution in [-0.4, -0.2) is 25.7 Å². The summed E-state index contributed by atoms with van der Waals surface area (Å²) >= 11 is 0. The van der Waals surface area contributed by atoms with Crippen LogP contribution < -0.4 is 11.3 Å². The van der Waals surface area contributed by atoms with E-state index in [-0.39, 0.29) is 24.3 Å². The Hall–Kier alpha value is -3.23. The van der Waals surface area contributed by atoms with E-state index in [0.29, 0.717) is 46.7 Å². The molecule has 8 nitrogen and oxygen atoms in total. The summed E-state index contributed by atoms with van der Waals surface area (Å²) in [5, 5.41) is 21.8. The maximum Gasteiger partial charge on any atom is 0.343 e. The van der Waals surface area contributed by atoms with Gasteiger partial charge in [-0.1, -0.05) is 6.92 Å². The van der Waals surface area contributed by atoms with Gasteiger partial charge in [0, 0.05) is 16.5 Å². The molecule has 2 aromatic heterocycles. The molecule has 0 saturated heterocycles. The number of phenolic OH excluding ortho intramolecular Hbond substituents is 1. The standard InChI is InChI=1S/C21H19N3O5/c1-2-21(28)14-6-16-18-10(8-24(16)19(26)13(14)9-29-20(21)27)5-11-12(7-22)17(25)4-3-15(11)23-18/h3-6,25,28H,2,7-9,22H2,1H3/p+1/t21-/m0/s1. The molecule has 4 heterocycles. The zero-order chi connectivity index (χ0) is 20.5. The molecule has 2 aliphatic heterocycles. The van der Waals surface area contributed by atoms with E-state index in [0.717, 1.165) is 10.9 Å². The highest BCUT2D eigenvalue weighted by Crippen LogP contribution is 2.39. The number of hydrogen-bond acceptors (Lipinski definition) is 6. The third-order valence-electron chi connectivity index (χ3n) is 6.03. The van der Waals surface area contributed by atoms with Gasteiger partial charge in [-0.25, -0.2) is 9.78 Å². The van der Waals surface area contributed by atoms with Crippen LogP contribution >= 0.6 is 0 Å². The number of benzene rings is 1. The Bertz CT molecular complexity index is 1280. The zero-order valence-corrected chi connectivity index (χ0v) is 15.9. The van der Waals surface area contributed by atoms with E-state index in [9.17, 15) is 19.8 Å². The number of hydrogen-bond donors (Lipinski definition) is 3. The first kappa shape index (κ1) is 17.8. The van der Waals surface area contributed by atoms with Gasteiger partial charge >= 0.3 is 5.97 Å². The third kappa shape index (κ3) is 2.24. The van der Waals surface area contributed by atoms with Crippen LogP contribution in [0.3, 0.4) is 0 Å². The van der Waals surface area contributed by atoms with Crippen molar-refractivity contribution in [2.75, 3.05) is 0 Å². The van der Waals surface area contributed by atoms with Crippen molar-refractivity contribution in [2.45, 2.75) is 38.6 Å². The number of esters is 1. The molecular weight excluding hydrogens is 374 g/mol. The molecule has 0 unspecified atom stereocenters. The van der Waals surface area contributed by atoms with Crippen molar-refractivity contribution in [2.24, 2.45) is 0 Å². The minimum absolute atomic E-state index is 0.103. The Morgan fingerprint density at radius 2 is 2.10 bits per heavy atom. The smallest absolute Gasteiger partial charge is 0.343 e. The van der Waals surface area contributed by atoms with Crippen molar-refractivity contribution in [3.63, 3.8) is 0 Å². The van der Waals surface area contributed by atoms with E-state index in [2.05, 4.69) is 5.73 Å². The van der Waals surface area contributed by atoms with E-state index in [1.165, 1.54) is 0 Å². The first-order valence-electron chi connectivity index (χ1n) is 9.50. The van der Waals surface area contributed by atoms with Gasteiger partial charge in [-0.15, -0.1) is 0 Å². The van der Waals surface area contributed by atoms with Gasteiger partial charge in [0.2, 0.25) is 0 Å². The molecule has 5 N–H and O–H groups in total. The summed E-state index contributed by atoms with van der Waals surface area (Å²) in [6.45, 7) is 2.26. The second-order valence-corrected chi connectivity index (χ2v) is 7.48. The van der Waals surface area contributed by atoms with Crippen LogP contribution in [0.1, 0.15) is 35.6 Å². The maximum atomic E-state index is 13.1. The summed E-state index contributed by atoms with van der Waals surface area (Å²) < 4.78 is 6.67. The van der Waals surface area contributed by atoms with Crippen LogP contribution in [-0.2, 0) is 34.8 Å². The average Bonchev–Trinajstić information content (AvgIpc) is 3.08. The number of pyridine rings is 2. The Labute approximate surface area is 165 Å². The molecule has 0 aliphatic carbocycles. The number of nitrogens with zero attached hydrogens (tertiary/aromatic N) is 2. The Morgan fingerprint density at radius 1 is 1.31 bits per heavy atom. The lowest BCUT2D eigenvalue weighted by molar-refractivity contribution is -0.386. The number of quaternary nitrogens is 1. The van der Waals surface area contributed by atoms with Gasteiger partial charge in [0.25, 0.3) is 5.56 Å². The first-order chi connectivity index (χ1) is 13.9. The fourth-order valence-electron chi connectivity index (χ4n) is 4.36. The first-order valence-corrected chi connectivity index (χ1v) is 9.50. The lowest BCUT2D eigenvalue weighted by atomic mass is 9.86. The largest absolute Gasteiger partial charge is 0.507 e. The summed E-state index contributed by atoms with van der Waals surface area (Å²) in [7, 11) is 0. The van der Waals surface area contributed by atoms with E-state index < -0.39 is 11.6 Å². The highest BCUT2D eigenvalue weighted by atomic mass is 16.6. The molecule has 0 fully saturated rings. The van der Waals surface area contributed by atoms with Crippen LogP contribution in [0, 0.1) is 0 Å². The average molecular weight is 394 g/mol. The summed E-state index contributed by atoms with van der Waals surface area (Å²) in [6, 6.07) is 6.93. The number of fused-ring (bicyclic) bond motifs is 5. The molecule has 0 amide bonds. The van der Waals surface area contributed by atoms with Crippen LogP contribution in [0.5, 0.6) is 5.75 Å². The summed E-state index contributed by atoms with van der Waals surface area (Å²) in [6.07, 6.45) is 0.103. The predicted molar refractivity (Wildman–Crippen MR) is 103 cm³/mol. The maximum absolute atomic E-state index is 13.1. The molecule has 1 atom stereocenters. The molecule has 29 heavy (non-hydrogen) atoms. The normalized spacial score (nSPS) is 19.6. The second-order valence-electron chi connectivity index (χ2n) is 7.48. The molecule has 3 aromatic rings. The number of aliphatic hydroxyl groups is 1. The number of cyclic esters (lactones) is 1. The molecule has 0 radical (unpaired) electrons. The number of carbonyl (C=O) groups excluding carboxylic acids is 1. The number of aromatic hydroxyl groups is 1. The monoisotopic (exact) mass is 394 g/mol. The van der Waals surface area contributed by atoms with E-state index >= 15 is 0 Å². The Kier molecular flexibility index (Phi) is 3.62. The molecule has 0 saturated carbocycles. The van der Waals surface area contributed by atoms with Gasteiger partial charge in [0.05, 0.1) is 34.6 Å². The topological polar surface area (TPSA) is 129 Å². The number of ether oxygens (including phenoxy) is 1. The molecule has 5 rings (SSSR count). The van der Waals surface area contributed by atoms with Gasteiger partial charge in [-0.2, -0.15) is 0 Å². The van der Waals surface area contributed by atoms with Crippen molar-refractivity contribution in [3.05, 3.63) is 56.9 Å². The van der Waals surface area contributed by atoms with Gasteiger partial charge < -0.3 is 25.3 Å². The SMILES string of the molecule is CC[C@@]1(O)C(=O)OCc2c1cc1n(c2=O)Cc2cc3c(C[NH3+])c(O)ccc3nc2-1. The minimum Gasteiger partial charge on any atom is -0.507 e. The Morgan fingerprint density at radius 3 is 2.83 bits per heavy atom. The minimum atomic E-state index is -1.84. The lowest BCUT2D eigenvalue weighted by Crippen LogP contribution is -2.47. The van der Waals surface area contributed by atoms with Gasteiger partial charge in [0.1, 0.15) is 18.9 Å². The number of rotatable bonds is 2. The lowest BCUT2D eigenvalue weighted by Gasteiger charge is -2.31. The molecule has 0 spiro atoms. The van der Waals surface area contributed by atoms with Crippen LogP contribution in [0.25, 0.3) is 22.3 Å². The van der Waals surface area contributed by atoms with E-state index in [4.69, 9.17) is 9.72 Å². The summed E-state index contributed by atoms with van der Waals surface area (Å²) in [5.41, 5.74) is 5.78. The fourth-order valence-corrected chi connectivity index (χ4v) is 4.36. The predicted octanol–water partition coefficient (Wildman–Crippen LogP) is 0.527. The highest BCUT2D eigenvalue weighted by Gasteiger charge is 2.45. The summed E-state index contributed by atoms with van der Waals surface area (Å²) in [4.78, 5) is 30.1. The van der Waals surface area contributed by atoms with Crippen LogP contribution in [0.4, 0.5) is 0 Å². The van der Waals surface area contributed by atoms with Gasteiger partial charge in [-0.3, -0.25) is 4.79 Å².